The molecule has 0 radical (unpaired) electrons. The first-order valence-electron chi connectivity index (χ1n) is 5.13. The van der Waals surface area contributed by atoms with Crippen molar-refractivity contribution >= 4 is 11.9 Å². The molecular weight excluding hydrogens is 210 g/mol. The van der Waals surface area contributed by atoms with Gasteiger partial charge in [0.05, 0.1) is 11.8 Å². The van der Waals surface area contributed by atoms with Crippen molar-refractivity contribution in [3.8, 4) is 0 Å². The highest BCUT2D eigenvalue weighted by Gasteiger charge is 2.20. The molecule has 1 aromatic rings. The normalized spacial score (nSPS) is 12.3. The van der Waals surface area contributed by atoms with E-state index in [1.807, 2.05) is 6.92 Å². The van der Waals surface area contributed by atoms with Crippen LogP contribution in [-0.2, 0) is 4.79 Å². The first-order valence-corrected chi connectivity index (χ1v) is 5.13. The van der Waals surface area contributed by atoms with Gasteiger partial charge in [0.1, 0.15) is 6.04 Å². The summed E-state index contributed by atoms with van der Waals surface area (Å²) in [7, 11) is 0. The van der Waals surface area contributed by atoms with Crippen LogP contribution in [-0.4, -0.2) is 26.8 Å². The minimum Gasteiger partial charge on any atom is -0.480 e. The molecule has 0 saturated carbocycles. The largest absolute Gasteiger partial charge is 0.480 e. The number of unbranched alkanes of at least 4 members (excludes halogenated alkanes) is 1. The Morgan fingerprint density at radius 3 is 2.75 bits per heavy atom. The van der Waals surface area contributed by atoms with Gasteiger partial charge in [-0.25, -0.2) is 4.79 Å². The van der Waals surface area contributed by atoms with Gasteiger partial charge in [-0.1, -0.05) is 19.8 Å². The Labute approximate surface area is 93.1 Å². The molecule has 0 aromatic carbocycles. The number of hydrogen-bond acceptors (Lipinski definition) is 3. The van der Waals surface area contributed by atoms with Crippen molar-refractivity contribution in [1.29, 1.82) is 0 Å². The fraction of sp³-hybridized carbons (Fsp3) is 0.500. The van der Waals surface area contributed by atoms with E-state index in [-0.39, 0.29) is 5.56 Å². The second kappa shape index (κ2) is 5.29. The third-order valence-corrected chi connectivity index (χ3v) is 2.32. The van der Waals surface area contributed by atoms with Crippen molar-refractivity contribution in [3.05, 3.63) is 18.0 Å². The van der Waals surface area contributed by atoms with Gasteiger partial charge in [-0.15, -0.1) is 0 Å². The van der Waals surface area contributed by atoms with Crippen molar-refractivity contribution in [3.63, 3.8) is 0 Å². The lowest BCUT2D eigenvalue weighted by Gasteiger charge is -2.11. The summed E-state index contributed by atoms with van der Waals surface area (Å²) in [5, 5.41) is 12.9. The van der Waals surface area contributed by atoms with Gasteiger partial charge in [-0.05, 0) is 6.42 Å². The highest BCUT2D eigenvalue weighted by atomic mass is 16.4. The molecule has 3 N–H and O–H groups in total. The van der Waals surface area contributed by atoms with E-state index in [9.17, 15) is 9.59 Å². The Morgan fingerprint density at radius 1 is 1.62 bits per heavy atom. The number of rotatable bonds is 6. The van der Waals surface area contributed by atoms with Crippen LogP contribution in [0, 0.1) is 0 Å². The molecule has 1 rings (SSSR count). The molecule has 0 spiro atoms. The molecule has 0 fully saturated rings. The van der Waals surface area contributed by atoms with E-state index in [0.29, 0.717) is 6.42 Å². The van der Waals surface area contributed by atoms with Gasteiger partial charge in [-0.2, -0.15) is 5.10 Å². The molecule has 1 amide bonds. The van der Waals surface area contributed by atoms with Crippen LogP contribution >= 0.6 is 0 Å². The summed E-state index contributed by atoms with van der Waals surface area (Å²) >= 11 is 0. The van der Waals surface area contributed by atoms with E-state index in [1.54, 1.807) is 0 Å². The number of nitrogens with zero attached hydrogens (tertiary/aromatic N) is 2. The standard InChI is InChI=1S/C10H15N3O3/c1-2-3-4-8(10(15)16)13-6-7(5-12-13)9(11)14/h5-6,8H,2-4H2,1H3,(H2,11,14)(H,15,16). The number of aromatic nitrogens is 2. The van der Waals surface area contributed by atoms with Crippen molar-refractivity contribution in [2.24, 2.45) is 5.73 Å². The molecule has 1 heterocycles. The summed E-state index contributed by atoms with van der Waals surface area (Å²) in [5.74, 6) is -1.56. The van der Waals surface area contributed by atoms with E-state index in [2.05, 4.69) is 5.10 Å². The third kappa shape index (κ3) is 2.82. The zero-order chi connectivity index (χ0) is 12.1. The van der Waals surface area contributed by atoms with Gasteiger partial charge in [-0.3, -0.25) is 9.48 Å². The molecule has 6 heteroatoms. The predicted octanol–water partition coefficient (Wildman–Crippen LogP) is 0.798. The maximum absolute atomic E-state index is 11.0. The molecule has 0 saturated heterocycles. The second-order valence-corrected chi connectivity index (χ2v) is 3.57. The minimum atomic E-state index is -0.951. The van der Waals surface area contributed by atoms with Gasteiger partial charge in [0, 0.05) is 6.20 Å². The zero-order valence-corrected chi connectivity index (χ0v) is 9.09. The maximum Gasteiger partial charge on any atom is 0.328 e. The smallest absolute Gasteiger partial charge is 0.328 e. The Hall–Kier alpha value is -1.85. The predicted molar refractivity (Wildman–Crippen MR) is 56.9 cm³/mol. The Kier molecular flexibility index (Phi) is 4.04. The monoisotopic (exact) mass is 225 g/mol. The maximum atomic E-state index is 11.0. The van der Waals surface area contributed by atoms with E-state index in [0.717, 1.165) is 12.8 Å². The van der Waals surface area contributed by atoms with Crippen molar-refractivity contribution in [2.45, 2.75) is 32.2 Å². The molecule has 6 nitrogen and oxygen atoms in total. The van der Waals surface area contributed by atoms with E-state index in [4.69, 9.17) is 10.8 Å². The van der Waals surface area contributed by atoms with E-state index in [1.165, 1.54) is 17.1 Å². The summed E-state index contributed by atoms with van der Waals surface area (Å²) in [4.78, 5) is 21.9. The SMILES string of the molecule is CCCCC(C(=O)O)n1cc(C(N)=O)cn1. The van der Waals surface area contributed by atoms with Gasteiger partial charge >= 0.3 is 5.97 Å². The second-order valence-electron chi connectivity index (χ2n) is 3.57. The van der Waals surface area contributed by atoms with Crippen LogP contribution < -0.4 is 5.73 Å². The first-order chi connectivity index (χ1) is 7.56. The lowest BCUT2D eigenvalue weighted by molar-refractivity contribution is -0.141. The number of carbonyl (C=O) groups is 2. The molecule has 1 atom stereocenters. The Bertz CT molecular complexity index is 386. The van der Waals surface area contributed by atoms with Crippen LogP contribution in [0.3, 0.4) is 0 Å². The zero-order valence-electron chi connectivity index (χ0n) is 9.09. The summed E-state index contributed by atoms with van der Waals surface area (Å²) < 4.78 is 1.28. The lowest BCUT2D eigenvalue weighted by atomic mass is 10.1. The van der Waals surface area contributed by atoms with Crippen LogP contribution in [0.15, 0.2) is 12.4 Å². The quantitative estimate of drug-likeness (QED) is 0.748. The molecule has 0 aliphatic carbocycles. The van der Waals surface area contributed by atoms with Crippen LogP contribution in [0.2, 0.25) is 0 Å². The minimum absolute atomic E-state index is 0.225. The number of amides is 1. The topological polar surface area (TPSA) is 98.2 Å². The highest BCUT2D eigenvalue weighted by Crippen LogP contribution is 2.15. The Morgan fingerprint density at radius 2 is 2.31 bits per heavy atom. The van der Waals surface area contributed by atoms with Gasteiger partial charge < -0.3 is 10.8 Å². The summed E-state index contributed by atoms with van der Waals surface area (Å²) in [6.45, 7) is 1.98. The van der Waals surface area contributed by atoms with Gasteiger partial charge in [0.2, 0.25) is 0 Å². The first kappa shape index (κ1) is 12.2. The average molecular weight is 225 g/mol. The number of primary amides is 1. The van der Waals surface area contributed by atoms with Gasteiger partial charge in [0.25, 0.3) is 5.91 Å². The molecule has 1 aromatic heterocycles. The third-order valence-electron chi connectivity index (χ3n) is 2.32. The van der Waals surface area contributed by atoms with E-state index >= 15 is 0 Å². The number of aliphatic carboxylic acids is 1. The fourth-order valence-electron chi connectivity index (χ4n) is 1.40. The lowest BCUT2D eigenvalue weighted by Crippen LogP contribution is -2.19. The van der Waals surface area contributed by atoms with Crippen LogP contribution in [0.5, 0.6) is 0 Å². The van der Waals surface area contributed by atoms with Crippen molar-refractivity contribution in [1.82, 2.24) is 9.78 Å². The number of carbonyl (C=O) groups excluding carboxylic acids is 1. The molecule has 88 valence electrons. The van der Waals surface area contributed by atoms with Gasteiger partial charge in [0.15, 0.2) is 0 Å². The Balaban J connectivity index is 2.84. The van der Waals surface area contributed by atoms with Crippen LogP contribution in [0.1, 0.15) is 42.6 Å². The van der Waals surface area contributed by atoms with Crippen LogP contribution in [0.4, 0.5) is 0 Å². The molecular formula is C10H15N3O3. The number of nitrogens with two attached hydrogens (primary N) is 1. The molecule has 1 unspecified atom stereocenters. The summed E-state index contributed by atoms with van der Waals surface area (Å²) in [6, 6.07) is -0.729. The summed E-state index contributed by atoms with van der Waals surface area (Å²) in [6.07, 6.45) is 4.85. The molecule has 0 aliphatic heterocycles. The molecule has 0 aliphatic rings. The molecule has 16 heavy (non-hydrogen) atoms. The number of hydrogen-bond donors (Lipinski definition) is 2. The number of carboxylic acid groups (broad SMARTS) is 1. The average Bonchev–Trinajstić information content (AvgIpc) is 2.67. The summed E-state index contributed by atoms with van der Waals surface area (Å²) in [5.41, 5.74) is 5.29. The fourth-order valence-corrected chi connectivity index (χ4v) is 1.40. The van der Waals surface area contributed by atoms with Crippen LogP contribution in [0.25, 0.3) is 0 Å². The molecule has 0 bridgehead atoms. The van der Waals surface area contributed by atoms with Crippen molar-refractivity contribution in [2.75, 3.05) is 0 Å². The number of carboxylic acids is 1. The highest BCUT2D eigenvalue weighted by molar-refractivity contribution is 5.92. The van der Waals surface area contributed by atoms with E-state index < -0.39 is 17.9 Å². The van der Waals surface area contributed by atoms with Crippen molar-refractivity contribution < 1.29 is 14.7 Å².